The van der Waals surface area contributed by atoms with Gasteiger partial charge in [-0.05, 0) is 19.3 Å². The molecule has 0 saturated carbocycles. The van der Waals surface area contributed by atoms with Crippen molar-refractivity contribution >= 4 is 15.7 Å². The summed E-state index contributed by atoms with van der Waals surface area (Å²) in [5.41, 5.74) is 0. The summed E-state index contributed by atoms with van der Waals surface area (Å²) in [5.74, 6) is 0.709. The number of carbonyl (C=O) groups excluding carboxylic acids is 1. The molecule has 0 spiro atoms. The van der Waals surface area contributed by atoms with Crippen LogP contribution in [0.3, 0.4) is 0 Å². The Bertz CT molecular complexity index is 465. The van der Waals surface area contributed by atoms with Crippen molar-refractivity contribution in [2.75, 3.05) is 44.3 Å². The number of nitrogens with zero attached hydrogens (tertiary/aromatic N) is 2. The van der Waals surface area contributed by atoms with E-state index in [9.17, 15) is 13.2 Å². The standard InChI is InChI=1S/C13H22N2O4S/c16-13(12-2-1-8-19-12)15-6-4-14(5-7-15)11-3-9-20(17,18)10-11/h11-12H,1-10H2. The van der Waals surface area contributed by atoms with E-state index in [0.717, 1.165) is 32.4 Å². The monoisotopic (exact) mass is 302 g/mol. The molecule has 3 rings (SSSR count). The summed E-state index contributed by atoms with van der Waals surface area (Å²) < 4.78 is 28.5. The van der Waals surface area contributed by atoms with Crippen molar-refractivity contribution in [2.45, 2.75) is 31.4 Å². The summed E-state index contributed by atoms with van der Waals surface area (Å²) in [5, 5.41) is 0. The molecule has 3 aliphatic rings. The zero-order valence-corrected chi connectivity index (χ0v) is 12.5. The van der Waals surface area contributed by atoms with Gasteiger partial charge in [-0.3, -0.25) is 9.69 Å². The molecule has 6 nitrogen and oxygen atoms in total. The molecule has 114 valence electrons. The second kappa shape index (κ2) is 5.61. The van der Waals surface area contributed by atoms with Gasteiger partial charge in [0.15, 0.2) is 9.84 Å². The van der Waals surface area contributed by atoms with Crippen LogP contribution in [-0.2, 0) is 19.4 Å². The number of piperazine rings is 1. The first-order valence-electron chi connectivity index (χ1n) is 7.40. The maximum absolute atomic E-state index is 12.2. The number of sulfone groups is 1. The Hall–Kier alpha value is -0.660. The van der Waals surface area contributed by atoms with Crippen molar-refractivity contribution < 1.29 is 17.9 Å². The average molecular weight is 302 g/mol. The summed E-state index contributed by atoms with van der Waals surface area (Å²) in [6.07, 6.45) is 2.30. The van der Waals surface area contributed by atoms with Gasteiger partial charge in [-0.1, -0.05) is 0 Å². The largest absolute Gasteiger partial charge is 0.368 e. The van der Waals surface area contributed by atoms with Crippen LogP contribution >= 0.6 is 0 Å². The van der Waals surface area contributed by atoms with Gasteiger partial charge in [0.2, 0.25) is 0 Å². The van der Waals surface area contributed by atoms with Crippen molar-refractivity contribution in [3.63, 3.8) is 0 Å². The highest BCUT2D eigenvalue weighted by Gasteiger charge is 2.35. The molecule has 3 aliphatic heterocycles. The Morgan fingerprint density at radius 3 is 2.40 bits per heavy atom. The molecular weight excluding hydrogens is 280 g/mol. The van der Waals surface area contributed by atoms with Gasteiger partial charge in [0.25, 0.3) is 5.91 Å². The lowest BCUT2D eigenvalue weighted by atomic mass is 10.1. The van der Waals surface area contributed by atoms with Crippen LogP contribution in [0.5, 0.6) is 0 Å². The van der Waals surface area contributed by atoms with E-state index < -0.39 is 9.84 Å². The van der Waals surface area contributed by atoms with E-state index in [1.165, 1.54) is 0 Å². The van der Waals surface area contributed by atoms with Crippen LogP contribution in [0.2, 0.25) is 0 Å². The average Bonchev–Trinajstić information content (AvgIpc) is 3.07. The molecule has 0 aromatic heterocycles. The third-order valence-corrected chi connectivity index (χ3v) is 6.31. The van der Waals surface area contributed by atoms with Crippen LogP contribution in [0.1, 0.15) is 19.3 Å². The number of hydrogen-bond acceptors (Lipinski definition) is 5. The van der Waals surface area contributed by atoms with Gasteiger partial charge in [0, 0.05) is 38.8 Å². The highest BCUT2D eigenvalue weighted by molar-refractivity contribution is 7.91. The van der Waals surface area contributed by atoms with Crippen molar-refractivity contribution in [3.8, 4) is 0 Å². The fourth-order valence-electron chi connectivity index (χ4n) is 3.35. The minimum Gasteiger partial charge on any atom is -0.368 e. The van der Waals surface area contributed by atoms with Gasteiger partial charge in [-0.25, -0.2) is 8.42 Å². The van der Waals surface area contributed by atoms with Gasteiger partial charge < -0.3 is 9.64 Å². The second-order valence-corrected chi connectivity index (χ2v) is 8.15. The van der Waals surface area contributed by atoms with E-state index in [1.807, 2.05) is 4.90 Å². The van der Waals surface area contributed by atoms with Crippen molar-refractivity contribution in [1.82, 2.24) is 9.80 Å². The summed E-state index contributed by atoms with van der Waals surface area (Å²) >= 11 is 0. The Kier molecular flexibility index (Phi) is 4.01. The van der Waals surface area contributed by atoms with Gasteiger partial charge in [0.05, 0.1) is 11.5 Å². The number of rotatable bonds is 2. The molecule has 2 unspecified atom stereocenters. The van der Waals surface area contributed by atoms with Crippen molar-refractivity contribution in [3.05, 3.63) is 0 Å². The maximum Gasteiger partial charge on any atom is 0.251 e. The Morgan fingerprint density at radius 2 is 1.85 bits per heavy atom. The molecule has 3 heterocycles. The zero-order valence-electron chi connectivity index (χ0n) is 11.7. The van der Waals surface area contributed by atoms with Gasteiger partial charge in [-0.2, -0.15) is 0 Å². The predicted molar refractivity (Wildman–Crippen MR) is 74.2 cm³/mol. The van der Waals surface area contributed by atoms with E-state index in [2.05, 4.69) is 4.90 Å². The van der Waals surface area contributed by atoms with Crippen LogP contribution in [0.4, 0.5) is 0 Å². The maximum atomic E-state index is 12.2. The molecule has 3 saturated heterocycles. The Morgan fingerprint density at radius 1 is 1.10 bits per heavy atom. The molecule has 0 aromatic rings. The van der Waals surface area contributed by atoms with E-state index in [4.69, 9.17) is 4.74 Å². The van der Waals surface area contributed by atoms with E-state index >= 15 is 0 Å². The first-order valence-corrected chi connectivity index (χ1v) is 9.22. The number of amides is 1. The third kappa shape index (κ3) is 2.99. The molecule has 7 heteroatoms. The molecule has 1 amide bonds. The molecule has 20 heavy (non-hydrogen) atoms. The van der Waals surface area contributed by atoms with Crippen molar-refractivity contribution in [2.24, 2.45) is 0 Å². The smallest absolute Gasteiger partial charge is 0.251 e. The van der Waals surface area contributed by atoms with Crippen LogP contribution in [0.15, 0.2) is 0 Å². The Labute approximate surface area is 120 Å². The van der Waals surface area contributed by atoms with E-state index in [0.29, 0.717) is 25.4 Å². The molecule has 0 bridgehead atoms. The highest BCUT2D eigenvalue weighted by Crippen LogP contribution is 2.20. The fraction of sp³-hybridized carbons (Fsp3) is 0.923. The Balaban J connectivity index is 1.51. The minimum absolute atomic E-state index is 0.112. The molecule has 0 N–H and O–H groups in total. The number of hydrogen-bond donors (Lipinski definition) is 0. The quantitative estimate of drug-likeness (QED) is 0.688. The van der Waals surface area contributed by atoms with E-state index in [1.54, 1.807) is 0 Å². The third-order valence-electron chi connectivity index (χ3n) is 4.56. The lowest BCUT2D eigenvalue weighted by Gasteiger charge is -2.38. The van der Waals surface area contributed by atoms with Crippen molar-refractivity contribution in [1.29, 1.82) is 0 Å². The SMILES string of the molecule is O=C(C1CCCO1)N1CCN(C2CCS(=O)(=O)C2)CC1. The first kappa shape index (κ1) is 14.3. The minimum atomic E-state index is -2.83. The molecule has 3 fully saturated rings. The molecule has 0 aliphatic carbocycles. The summed E-state index contributed by atoms with van der Waals surface area (Å²) in [7, 11) is -2.83. The van der Waals surface area contributed by atoms with Crippen LogP contribution in [0, 0.1) is 0 Å². The summed E-state index contributed by atoms with van der Waals surface area (Å²) in [4.78, 5) is 16.3. The van der Waals surface area contributed by atoms with E-state index in [-0.39, 0.29) is 23.8 Å². The number of ether oxygens (including phenoxy) is 1. The van der Waals surface area contributed by atoms with Crippen LogP contribution < -0.4 is 0 Å². The topological polar surface area (TPSA) is 66.9 Å². The van der Waals surface area contributed by atoms with Gasteiger partial charge >= 0.3 is 0 Å². The zero-order chi connectivity index (χ0) is 14.2. The molecule has 0 aromatic carbocycles. The number of carbonyl (C=O) groups is 1. The normalized spacial score (nSPS) is 34.5. The van der Waals surface area contributed by atoms with Crippen LogP contribution in [-0.4, -0.2) is 80.6 Å². The predicted octanol–water partition coefficient (Wildman–Crippen LogP) is -0.503. The lowest BCUT2D eigenvalue weighted by molar-refractivity contribution is -0.142. The summed E-state index contributed by atoms with van der Waals surface area (Å²) in [6.45, 7) is 3.62. The van der Waals surface area contributed by atoms with Gasteiger partial charge in [0.1, 0.15) is 6.10 Å². The first-order chi connectivity index (χ1) is 9.55. The second-order valence-electron chi connectivity index (χ2n) is 5.92. The molecular formula is C13H22N2O4S. The van der Waals surface area contributed by atoms with Crippen LogP contribution in [0.25, 0.3) is 0 Å². The van der Waals surface area contributed by atoms with Gasteiger partial charge in [-0.15, -0.1) is 0 Å². The molecule has 2 atom stereocenters. The lowest BCUT2D eigenvalue weighted by Crippen LogP contribution is -2.54. The highest BCUT2D eigenvalue weighted by atomic mass is 32.2. The molecule has 0 radical (unpaired) electrons. The summed E-state index contributed by atoms with van der Waals surface area (Å²) in [6, 6.07) is 0.153. The fourth-order valence-corrected chi connectivity index (χ4v) is 5.11.